The predicted molar refractivity (Wildman–Crippen MR) is 62.4 cm³/mol. The minimum absolute atomic E-state index is 0.107. The molecule has 15 heavy (non-hydrogen) atoms. The van der Waals surface area contributed by atoms with Gasteiger partial charge in [-0.1, -0.05) is 6.92 Å². The maximum absolute atomic E-state index is 11.3. The van der Waals surface area contributed by atoms with Crippen molar-refractivity contribution in [3.05, 3.63) is 0 Å². The van der Waals surface area contributed by atoms with Crippen LogP contribution < -0.4 is 16.8 Å². The number of carbonyl (C=O) groups excluding carboxylic acids is 2. The van der Waals surface area contributed by atoms with Gasteiger partial charge < -0.3 is 16.8 Å². The molecule has 0 fully saturated rings. The van der Waals surface area contributed by atoms with Crippen LogP contribution in [0.15, 0.2) is 0 Å². The molecular weight excluding hydrogens is 214 g/mol. The molecule has 5 N–H and O–H groups in total. The van der Waals surface area contributed by atoms with Crippen molar-refractivity contribution in [1.82, 2.24) is 5.32 Å². The first kappa shape index (κ1) is 14.2. The average Bonchev–Trinajstić information content (AvgIpc) is 2.16. The molecule has 0 spiro atoms. The molecule has 0 aromatic heterocycles. The van der Waals surface area contributed by atoms with Crippen molar-refractivity contribution in [1.29, 1.82) is 0 Å². The summed E-state index contributed by atoms with van der Waals surface area (Å²) in [7, 11) is 0. The first-order valence-corrected chi connectivity index (χ1v) is 6.10. The lowest BCUT2D eigenvalue weighted by atomic mass is 10.2. The van der Waals surface area contributed by atoms with Gasteiger partial charge in [0, 0.05) is 11.8 Å². The van der Waals surface area contributed by atoms with Crippen LogP contribution in [-0.4, -0.2) is 35.9 Å². The Bertz CT molecular complexity index is 223. The smallest absolute Gasteiger partial charge is 0.237 e. The molecule has 2 unspecified atom stereocenters. The topological polar surface area (TPSA) is 98.2 Å². The number of primary amides is 1. The highest BCUT2D eigenvalue weighted by Crippen LogP contribution is 2.07. The minimum Gasteiger partial charge on any atom is -0.370 e. The number of nitrogens with one attached hydrogen (secondary N) is 1. The summed E-state index contributed by atoms with van der Waals surface area (Å²) in [6, 6.07) is -0.827. The maximum Gasteiger partial charge on any atom is 0.237 e. The van der Waals surface area contributed by atoms with Crippen LogP contribution in [0.25, 0.3) is 0 Å². The summed E-state index contributed by atoms with van der Waals surface area (Å²) < 4.78 is 0. The number of amides is 2. The summed E-state index contributed by atoms with van der Waals surface area (Å²) in [5, 5.41) is 3.17. The quantitative estimate of drug-likeness (QED) is 0.549. The van der Waals surface area contributed by atoms with Crippen molar-refractivity contribution in [3.63, 3.8) is 0 Å². The van der Waals surface area contributed by atoms with E-state index in [4.69, 9.17) is 11.5 Å². The van der Waals surface area contributed by atoms with Gasteiger partial charge in [0.1, 0.15) is 0 Å². The van der Waals surface area contributed by atoms with Crippen LogP contribution in [0, 0.1) is 0 Å². The lowest BCUT2D eigenvalue weighted by Gasteiger charge is -2.12. The Hall–Kier alpha value is -0.750. The summed E-state index contributed by atoms with van der Waals surface area (Å²) in [6.07, 6.45) is 2.80. The minimum atomic E-state index is -0.827. The summed E-state index contributed by atoms with van der Waals surface area (Å²) in [4.78, 5) is 21.8. The number of rotatable bonds is 7. The lowest BCUT2D eigenvalue weighted by Crippen LogP contribution is -2.43. The fourth-order valence-corrected chi connectivity index (χ4v) is 1.31. The Kier molecular flexibility index (Phi) is 7.15. The molecule has 0 saturated heterocycles. The van der Waals surface area contributed by atoms with Crippen LogP contribution in [0.5, 0.6) is 0 Å². The molecule has 0 aliphatic heterocycles. The van der Waals surface area contributed by atoms with Crippen LogP contribution in [0.2, 0.25) is 0 Å². The Balaban J connectivity index is 3.69. The second-order valence-electron chi connectivity index (χ2n) is 3.40. The van der Waals surface area contributed by atoms with Gasteiger partial charge in [-0.05, 0) is 12.7 Å². The molecule has 0 saturated carbocycles. The highest BCUT2D eigenvalue weighted by molar-refractivity contribution is 7.99. The van der Waals surface area contributed by atoms with Gasteiger partial charge in [0.15, 0.2) is 0 Å². The van der Waals surface area contributed by atoms with Crippen molar-refractivity contribution < 1.29 is 9.59 Å². The summed E-state index contributed by atoms with van der Waals surface area (Å²) in [5.41, 5.74) is 10.4. The molecule has 88 valence electrons. The fourth-order valence-electron chi connectivity index (χ4n) is 0.957. The Morgan fingerprint density at radius 2 is 2.07 bits per heavy atom. The second kappa shape index (κ2) is 7.53. The molecular formula is C9H19N3O2S. The molecule has 2 atom stereocenters. The van der Waals surface area contributed by atoms with Crippen LogP contribution >= 0.6 is 11.8 Å². The SMILES string of the molecule is CSC(C)CCNC(=O)C(N)CC(N)=O. The molecule has 0 aromatic carbocycles. The second-order valence-corrected chi connectivity index (χ2v) is 4.68. The first-order chi connectivity index (χ1) is 6.97. The molecule has 0 radical (unpaired) electrons. The molecule has 0 aromatic rings. The van der Waals surface area contributed by atoms with E-state index >= 15 is 0 Å². The average molecular weight is 233 g/mol. The highest BCUT2D eigenvalue weighted by Gasteiger charge is 2.15. The Morgan fingerprint density at radius 3 is 2.53 bits per heavy atom. The molecule has 0 aliphatic rings. The van der Waals surface area contributed by atoms with Gasteiger partial charge >= 0.3 is 0 Å². The molecule has 2 amide bonds. The van der Waals surface area contributed by atoms with E-state index in [0.29, 0.717) is 11.8 Å². The molecule has 6 heteroatoms. The van der Waals surface area contributed by atoms with E-state index in [9.17, 15) is 9.59 Å². The third-order valence-electron chi connectivity index (χ3n) is 2.01. The number of carbonyl (C=O) groups is 2. The molecule has 0 aliphatic carbocycles. The van der Waals surface area contributed by atoms with E-state index in [0.717, 1.165) is 6.42 Å². The zero-order valence-electron chi connectivity index (χ0n) is 9.16. The Labute approximate surface area is 94.3 Å². The zero-order chi connectivity index (χ0) is 11.8. The largest absolute Gasteiger partial charge is 0.370 e. The number of thioether (sulfide) groups is 1. The third kappa shape index (κ3) is 7.21. The van der Waals surface area contributed by atoms with Crippen molar-refractivity contribution in [2.75, 3.05) is 12.8 Å². The molecule has 0 bridgehead atoms. The van der Waals surface area contributed by atoms with Gasteiger partial charge in [0.2, 0.25) is 11.8 Å². The highest BCUT2D eigenvalue weighted by atomic mass is 32.2. The third-order valence-corrected chi connectivity index (χ3v) is 3.05. The van der Waals surface area contributed by atoms with E-state index in [-0.39, 0.29) is 12.3 Å². The molecule has 0 rings (SSSR count). The fraction of sp³-hybridized carbons (Fsp3) is 0.778. The van der Waals surface area contributed by atoms with E-state index in [1.165, 1.54) is 0 Å². The summed E-state index contributed by atoms with van der Waals surface area (Å²) >= 11 is 1.74. The summed E-state index contributed by atoms with van der Waals surface area (Å²) in [5.74, 6) is -0.878. The van der Waals surface area contributed by atoms with Crippen LogP contribution in [0.1, 0.15) is 19.8 Å². The van der Waals surface area contributed by atoms with Gasteiger partial charge in [-0.25, -0.2) is 0 Å². The monoisotopic (exact) mass is 233 g/mol. The van der Waals surface area contributed by atoms with Gasteiger partial charge in [0.25, 0.3) is 0 Å². The Morgan fingerprint density at radius 1 is 1.47 bits per heavy atom. The van der Waals surface area contributed by atoms with E-state index < -0.39 is 11.9 Å². The van der Waals surface area contributed by atoms with Gasteiger partial charge in [0.05, 0.1) is 12.5 Å². The van der Waals surface area contributed by atoms with Gasteiger partial charge in [-0.15, -0.1) is 0 Å². The number of nitrogens with two attached hydrogens (primary N) is 2. The number of hydrogen-bond acceptors (Lipinski definition) is 4. The first-order valence-electron chi connectivity index (χ1n) is 4.81. The predicted octanol–water partition coefficient (Wildman–Crippen LogP) is -0.553. The lowest BCUT2D eigenvalue weighted by molar-refractivity contribution is -0.126. The van der Waals surface area contributed by atoms with Crippen molar-refractivity contribution in [3.8, 4) is 0 Å². The van der Waals surface area contributed by atoms with E-state index in [2.05, 4.69) is 12.2 Å². The van der Waals surface area contributed by atoms with Crippen molar-refractivity contribution in [2.24, 2.45) is 11.5 Å². The van der Waals surface area contributed by atoms with Crippen molar-refractivity contribution in [2.45, 2.75) is 31.1 Å². The summed E-state index contributed by atoms with van der Waals surface area (Å²) in [6.45, 7) is 2.66. The van der Waals surface area contributed by atoms with Crippen LogP contribution in [0.3, 0.4) is 0 Å². The molecule has 5 nitrogen and oxygen atoms in total. The molecule has 0 heterocycles. The normalized spacial score (nSPS) is 14.3. The number of hydrogen-bond donors (Lipinski definition) is 3. The zero-order valence-corrected chi connectivity index (χ0v) is 9.97. The van der Waals surface area contributed by atoms with Crippen molar-refractivity contribution >= 4 is 23.6 Å². The van der Waals surface area contributed by atoms with Gasteiger partial charge in [-0.2, -0.15) is 11.8 Å². The van der Waals surface area contributed by atoms with Crippen LogP contribution in [-0.2, 0) is 9.59 Å². The van der Waals surface area contributed by atoms with Crippen LogP contribution in [0.4, 0.5) is 0 Å². The standard InChI is InChI=1S/C9H19N3O2S/c1-6(15-2)3-4-12-9(14)7(10)5-8(11)13/h6-7H,3-5,10H2,1-2H3,(H2,11,13)(H,12,14). The van der Waals surface area contributed by atoms with E-state index in [1.54, 1.807) is 11.8 Å². The van der Waals surface area contributed by atoms with E-state index in [1.807, 2.05) is 6.26 Å². The van der Waals surface area contributed by atoms with Gasteiger partial charge in [-0.3, -0.25) is 9.59 Å². The maximum atomic E-state index is 11.3.